The first-order valence-corrected chi connectivity index (χ1v) is 23.2. The molecule has 5 aliphatic rings. The highest BCUT2D eigenvalue weighted by molar-refractivity contribution is 7.10. The summed E-state index contributed by atoms with van der Waals surface area (Å²) >= 11 is 1.32. The maximum absolute atomic E-state index is 14.1. The molecule has 13 nitrogen and oxygen atoms in total. The minimum absolute atomic E-state index is 0.0383. The number of hydrogen-bond acceptors (Lipinski definition) is 11. The van der Waals surface area contributed by atoms with E-state index < -0.39 is 53.3 Å². The van der Waals surface area contributed by atoms with Gasteiger partial charge in [0.2, 0.25) is 5.91 Å². The number of hydrazine groups is 1. The Morgan fingerprint density at radius 1 is 1.11 bits per heavy atom. The molecule has 0 radical (unpaired) electrons. The molecule has 63 heavy (non-hydrogen) atoms. The van der Waals surface area contributed by atoms with Crippen LogP contribution in [0.5, 0.6) is 0 Å². The fraction of sp³-hybridized carbons (Fsp3) is 0.587. The van der Waals surface area contributed by atoms with E-state index in [9.17, 15) is 27.6 Å². The number of methoxy groups -OCH3 is 1. The zero-order valence-electron chi connectivity index (χ0n) is 36.6. The third kappa shape index (κ3) is 8.94. The van der Waals surface area contributed by atoms with E-state index in [1.165, 1.54) is 29.2 Å². The van der Waals surface area contributed by atoms with Gasteiger partial charge in [-0.3, -0.25) is 29.3 Å². The predicted octanol–water partition coefficient (Wildman–Crippen LogP) is 6.69. The largest absolute Gasteiger partial charge is 0.464 e. The van der Waals surface area contributed by atoms with E-state index in [1.807, 2.05) is 24.6 Å². The summed E-state index contributed by atoms with van der Waals surface area (Å²) in [7, 11) is 1.70. The molecule has 2 saturated carbocycles. The van der Waals surface area contributed by atoms with Gasteiger partial charge in [-0.2, -0.15) is 13.2 Å². The number of nitrogens with one attached hydrogen (secondary N) is 2. The number of fused-ring (bicyclic) bond motifs is 6. The molecule has 2 amide bonds. The number of benzene rings is 1. The smallest absolute Gasteiger partial charge is 0.392 e. The van der Waals surface area contributed by atoms with Gasteiger partial charge in [0.05, 0.1) is 58.5 Å². The molecule has 6 bridgehead atoms. The van der Waals surface area contributed by atoms with E-state index in [2.05, 4.69) is 64.1 Å². The van der Waals surface area contributed by atoms with Crippen molar-refractivity contribution < 1.29 is 37.0 Å². The van der Waals surface area contributed by atoms with Crippen LogP contribution in [0.3, 0.4) is 0 Å². The van der Waals surface area contributed by atoms with Crippen LogP contribution < -0.4 is 15.6 Å². The average Bonchev–Trinajstić information content (AvgIpc) is 4.22. The molecule has 4 aromatic rings. The lowest BCUT2D eigenvalue weighted by molar-refractivity contribution is -0.156. The first-order chi connectivity index (χ1) is 30.1. The van der Waals surface area contributed by atoms with E-state index in [4.69, 9.17) is 19.4 Å². The average molecular weight is 891 g/mol. The topological polar surface area (TPSA) is 134 Å². The quantitative estimate of drug-likeness (QED) is 0.185. The number of aryl methyl sites for hydroxylation is 1. The van der Waals surface area contributed by atoms with Crippen molar-refractivity contribution in [3.8, 4) is 22.5 Å². The zero-order chi connectivity index (χ0) is 44.4. The van der Waals surface area contributed by atoms with E-state index in [0.717, 1.165) is 76.9 Å². The fourth-order valence-electron chi connectivity index (χ4n) is 9.68. The molecule has 17 heteroatoms. The second kappa shape index (κ2) is 17.1. The highest BCUT2D eigenvalue weighted by atomic mass is 32.1. The molecule has 9 rings (SSSR count). The van der Waals surface area contributed by atoms with E-state index >= 15 is 0 Å². The third-order valence-electron chi connectivity index (χ3n) is 13.5. The number of amides is 2. The Morgan fingerprint density at radius 3 is 2.59 bits per heavy atom. The van der Waals surface area contributed by atoms with Crippen LogP contribution in [0, 0.1) is 17.3 Å². The molecule has 4 fully saturated rings. The number of nitrogens with zero attached hydrogens (tertiary/aromatic N) is 6. The number of ether oxygens (including phenoxy) is 2. The second-order valence-electron chi connectivity index (χ2n) is 18.7. The van der Waals surface area contributed by atoms with Gasteiger partial charge in [-0.25, -0.2) is 10.4 Å². The van der Waals surface area contributed by atoms with Crippen LogP contribution in [0.25, 0.3) is 33.4 Å². The summed E-state index contributed by atoms with van der Waals surface area (Å²) in [5, 5.41) is 7.40. The van der Waals surface area contributed by atoms with Crippen molar-refractivity contribution >= 4 is 45.7 Å². The Balaban J connectivity index is 1.13. The van der Waals surface area contributed by atoms with Gasteiger partial charge in [0.25, 0.3) is 5.91 Å². The van der Waals surface area contributed by atoms with Crippen LogP contribution in [0.15, 0.2) is 35.8 Å². The van der Waals surface area contributed by atoms with E-state index in [0.29, 0.717) is 36.5 Å². The van der Waals surface area contributed by atoms with Crippen LogP contribution in [0.2, 0.25) is 0 Å². The maximum atomic E-state index is 14.1. The minimum atomic E-state index is -4.50. The number of cyclic esters (lactones) is 1. The van der Waals surface area contributed by atoms with Crippen LogP contribution in [0.4, 0.5) is 18.9 Å². The van der Waals surface area contributed by atoms with Crippen molar-refractivity contribution in [3.05, 3.63) is 52.1 Å². The Bertz CT molecular complexity index is 2390. The van der Waals surface area contributed by atoms with Crippen molar-refractivity contribution in [2.75, 3.05) is 51.3 Å². The lowest BCUT2D eigenvalue weighted by Crippen LogP contribution is -2.60. The molecular formula is C46H57F3N8O5S. The van der Waals surface area contributed by atoms with Gasteiger partial charge in [-0.05, 0) is 76.1 Å². The second-order valence-corrected chi connectivity index (χ2v) is 19.6. The lowest BCUT2D eigenvalue weighted by Gasteiger charge is -2.36. The Labute approximate surface area is 369 Å². The molecule has 5 atom stereocenters. The molecule has 0 spiro atoms. The first kappa shape index (κ1) is 43.7. The number of carbonyl (C=O) groups is 3. The van der Waals surface area contributed by atoms with Crippen molar-refractivity contribution in [1.29, 1.82) is 0 Å². The summed E-state index contributed by atoms with van der Waals surface area (Å²) < 4.78 is 54.8. The lowest BCUT2D eigenvalue weighted by atomic mass is 9.84. The van der Waals surface area contributed by atoms with Crippen molar-refractivity contribution in [2.24, 2.45) is 17.3 Å². The Kier molecular flexibility index (Phi) is 11.8. The van der Waals surface area contributed by atoms with Gasteiger partial charge in [-0.15, -0.1) is 11.3 Å². The molecule has 3 aromatic heterocycles. The SMILES string of the molecule is CCn1c(-c2cc(N3CCN(C4CC4)CC3)cnc2[C@H](C)OC)c2c3cc(ccc31)-c1csc(n1)C[C@H](NC(=O)[C@H]1CC1C(F)(F)F)C(=O)N1CCC[C@H](N1)C(=O)OCC(C)(C)C2. The Morgan fingerprint density at radius 2 is 1.89 bits per heavy atom. The normalized spacial score (nSPS) is 25.1. The van der Waals surface area contributed by atoms with Crippen molar-refractivity contribution in [1.82, 2.24) is 35.2 Å². The number of alkyl halides is 3. The van der Waals surface area contributed by atoms with Crippen molar-refractivity contribution in [3.63, 3.8) is 0 Å². The van der Waals surface area contributed by atoms with Gasteiger partial charge in [0.15, 0.2) is 0 Å². The van der Waals surface area contributed by atoms with Gasteiger partial charge in [0, 0.05) is 91.7 Å². The van der Waals surface area contributed by atoms with Gasteiger partial charge >= 0.3 is 12.1 Å². The standard InChI is InChI=1S/C46H57F3N8O5S/c1-6-56-38-12-9-27-18-30(38)33(41(56)32-19-29(23-50-40(32)26(2)61-5)55-16-14-54(15-17-55)28-10-11-28)22-45(3,4)25-62-44(60)35-8-7-13-57(53-35)43(59)36(21-39-51-37(27)24-63-39)52-42(58)31-20-34(31)46(47,48)49/h9,12,18-19,23-24,26,28,31,34-36,53H,6-8,10-11,13-17,20-22,25H2,1-5H3,(H,52,58)/t26-,31-,34?,35-,36-/m0/s1. The molecular weight excluding hydrogens is 834 g/mol. The number of rotatable bonds is 8. The molecule has 2 saturated heterocycles. The highest BCUT2D eigenvalue weighted by Gasteiger charge is 2.59. The van der Waals surface area contributed by atoms with Gasteiger partial charge in [0.1, 0.15) is 12.1 Å². The number of anilines is 1. The number of hydrogen-bond donors (Lipinski definition) is 2. The van der Waals surface area contributed by atoms with Crippen LogP contribution in [-0.4, -0.2) is 113 Å². The Hall–Kier alpha value is -4.58. The number of thiazole rings is 1. The highest BCUT2D eigenvalue weighted by Crippen LogP contribution is 2.50. The maximum Gasteiger partial charge on any atom is 0.392 e. The van der Waals surface area contributed by atoms with Crippen LogP contribution in [0.1, 0.15) is 82.2 Å². The minimum Gasteiger partial charge on any atom is -0.464 e. The van der Waals surface area contributed by atoms with Crippen LogP contribution >= 0.6 is 11.3 Å². The van der Waals surface area contributed by atoms with E-state index in [-0.39, 0.29) is 32.1 Å². The van der Waals surface area contributed by atoms with Gasteiger partial charge < -0.3 is 24.3 Å². The number of aromatic nitrogens is 3. The summed E-state index contributed by atoms with van der Waals surface area (Å²) in [4.78, 5) is 56.3. The number of halogens is 3. The van der Waals surface area contributed by atoms with Gasteiger partial charge in [-0.1, -0.05) is 19.9 Å². The van der Waals surface area contributed by atoms with Crippen LogP contribution in [-0.2, 0) is 43.2 Å². The third-order valence-corrected chi connectivity index (χ3v) is 14.4. The zero-order valence-corrected chi connectivity index (χ0v) is 37.4. The number of esters is 1. The summed E-state index contributed by atoms with van der Waals surface area (Å²) in [6.45, 7) is 13.2. The molecule has 1 unspecified atom stereocenters. The van der Waals surface area contributed by atoms with E-state index in [1.54, 1.807) is 7.11 Å². The van der Waals surface area contributed by atoms with Crippen molar-refractivity contribution in [2.45, 2.75) is 110 Å². The summed E-state index contributed by atoms with van der Waals surface area (Å²) in [5.41, 5.74) is 10.0. The number of piperazine rings is 1. The molecule has 3 aliphatic heterocycles. The fourth-order valence-corrected chi connectivity index (χ4v) is 10.5. The summed E-state index contributed by atoms with van der Waals surface area (Å²) in [6.07, 6.45) is 0.849. The first-order valence-electron chi connectivity index (χ1n) is 22.4. The molecule has 6 heterocycles. The number of carbonyl (C=O) groups excluding carboxylic acids is 3. The number of pyridine rings is 1. The molecule has 2 aliphatic carbocycles. The summed E-state index contributed by atoms with van der Waals surface area (Å²) in [5.74, 6) is -4.87. The molecule has 338 valence electrons. The summed E-state index contributed by atoms with van der Waals surface area (Å²) in [6, 6.07) is 7.24. The molecule has 1 aromatic carbocycles. The monoisotopic (exact) mass is 890 g/mol. The predicted molar refractivity (Wildman–Crippen MR) is 234 cm³/mol. The molecule has 2 N–H and O–H groups in total.